The summed E-state index contributed by atoms with van der Waals surface area (Å²) >= 11 is 0. The minimum Gasteiger partial charge on any atom is -0.477 e. The number of carbonyl (C=O) groups is 1. The number of carboxylic acids is 1. The number of hydrogen-bond donors (Lipinski definition) is 1. The first-order valence-corrected chi connectivity index (χ1v) is 5.51. The molecule has 0 atom stereocenters. The normalized spacial score (nSPS) is 15.1. The predicted molar refractivity (Wildman–Crippen MR) is 61.3 cm³/mol. The third-order valence-corrected chi connectivity index (χ3v) is 2.93. The van der Waals surface area contributed by atoms with Crippen molar-refractivity contribution in [2.75, 3.05) is 0 Å². The Morgan fingerprint density at radius 2 is 2.35 bits per heavy atom. The topological polar surface area (TPSA) is 64.4 Å². The summed E-state index contributed by atoms with van der Waals surface area (Å²) in [5, 5.41) is 9.91. The van der Waals surface area contributed by atoms with Gasteiger partial charge in [-0.2, -0.15) is 0 Å². The van der Waals surface area contributed by atoms with Crippen molar-refractivity contribution in [1.29, 1.82) is 0 Å². The molecule has 17 heavy (non-hydrogen) atoms. The first kappa shape index (κ1) is 10.1. The number of ether oxygens (including phenoxy) is 1. The molecule has 3 rings (SSSR count). The van der Waals surface area contributed by atoms with Gasteiger partial charge < -0.3 is 14.4 Å². The molecule has 0 bridgehead atoms. The van der Waals surface area contributed by atoms with E-state index in [2.05, 4.69) is 4.98 Å². The number of aromatic carboxylic acids is 1. The van der Waals surface area contributed by atoms with Crippen molar-refractivity contribution >= 4 is 16.9 Å². The Hall–Kier alpha value is -2.04. The van der Waals surface area contributed by atoms with Gasteiger partial charge in [-0.3, -0.25) is 0 Å². The fourth-order valence-corrected chi connectivity index (χ4v) is 1.90. The quantitative estimate of drug-likeness (QED) is 0.876. The molecule has 88 valence electrons. The van der Waals surface area contributed by atoms with E-state index in [0.29, 0.717) is 5.88 Å². The van der Waals surface area contributed by atoms with Crippen LogP contribution in [0.15, 0.2) is 18.3 Å². The van der Waals surface area contributed by atoms with Crippen molar-refractivity contribution in [3.8, 4) is 5.88 Å². The average molecular weight is 232 g/mol. The van der Waals surface area contributed by atoms with Crippen LogP contribution in [-0.4, -0.2) is 26.7 Å². The molecule has 1 N–H and O–H groups in total. The van der Waals surface area contributed by atoms with E-state index in [4.69, 9.17) is 9.84 Å². The Labute approximate surface area is 97.6 Å². The molecule has 2 heterocycles. The van der Waals surface area contributed by atoms with Crippen LogP contribution < -0.4 is 4.74 Å². The number of pyridine rings is 1. The average Bonchev–Trinajstić information content (AvgIpc) is 3.02. The molecule has 5 nitrogen and oxygen atoms in total. The van der Waals surface area contributed by atoms with E-state index in [0.717, 1.165) is 23.7 Å². The zero-order valence-electron chi connectivity index (χ0n) is 9.38. The second-order valence-electron chi connectivity index (χ2n) is 4.26. The molecule has 0 unspecified atom stereocenters. The van der Waals surface area contributed by atoms with Crippen molar-refractivity contribution in [3.63, 3.8) is 0 Å². The van der Waals surface area contributed by atoms with Crippen molar-refractivity contribution in [1.82, 2.24) is 9.55 Å². The fraction of sp³-hybridized carbons (Fsp3) is 0.333. The van der Waals surface area contributed by atoms with E-state index >= 15 is 0 Å². The van der Waals surface area contributed by atoms with Crippen LogP contribution in [-0.2, 0) is 7.05 Å². The van der Waals surface area contributed by atoms with Gasteiger partial charge in [-0.05, 0) is 25.0 Å². The van der Waals surface area contributed by atoms with Gasteiger partial charge in [-0.1, -0.05) is 0 Å². The first-order valence-electron chi connectivity index (χ1n) is 5.51. The van der Waals surface area contributed by atoms with E-state index in [1.54, 1.807) is 29.9 Å². The lowest BCUT2D eigenvalue weighted by atomic mass is 10.3. The summed E-state index contributed by atoms with van der Waals surface area (Å²) in [6.07, 6.45) is 3.99. The monoisotopic (exact) mass is 232 g/mol. The van der Waals surface area contributed by atoms with Gasteiger partial charge in [0, 0.05) is 18.6 Å². The van der Waals surface area contributed by atoms with Crippen molar-refractivity contribution in [3.05, 3.63) is 24.0 Å². The van der Waals surface area contributed by atoms with Crippen LogP contribution in [0.1, 0.15) is 23.3 Å². The molecule has 5 heteroatoms. The highest BCUT2D eigenvalue weighted by Gasteiger charge is 2.26. The van der Waals surface area contributed by atoms with Gasteiger partial charge in [-0.15, -0.1) is 0 Å². The lowest BCUT2D eigenvalue weighted by Crippen LogP contribution is -2.05. The van der Waals surface area contributed by atoms with Gasteiger partial charge in [-0.25, -0.2) is 9.78 Å². The SMILES string of the molecule is Cn1c(C(=O)O)cc2ccnc(OC3CC3)c21. The van der Waals surface area contributed by atoms with Gasteiger partial charge in [0.1, 0.15) is 17.3 Å². The number of aromatic nitrogens is 2. The number of rotatable bonds is 3. The Bertz CT molecular complexity index is 599. The summed E-state index contributed by atoms with van der Waals surface area (Å²) in [7, 11) is 1.72. The summed E-state index contributed by atoms with van der Waals surface area (Å²) in [6, 6.07) is 3.43. The van der Waals surface area contributed by atoms with Crippen LogP contribution in [0.2, 0.25) is 0 Å². The number of hydrogen-bond acceptors (Lipinski definition) is 3. The van der Waals surface area contributed by atoms with Crippen molar-refractivity contribution in [2.45, 2.75) is 18.9 Å². The van der Waals surface area contributed by atoms with Gasteiger partial charge in [0.05, 0.1) is 0 Å². The van der Waals surface area contributed by atoms with Crippen LogP contribution in [0, 0.1) is 0 Å². The highest BCUT2D eigenvalue weighted by Crippen LogP contribution is 2.31. The number of aryl methyl sites for hydroxylation is 1. The molecule has 0 amide bonds. The Morgan fingerprint density at radius 1 is 1.59 bits per heavy atom. The molecule has 0 spiro atoms. The molecule has 2 aromatic heterocycles. The van der Waals surface area contributed by atoms with E-state index < -0.39 is 5.97 Å². The summed E-state index contributed by atoms with van der Waals surface area (Å²) in [5.41, 5.74) is 0.991. The van der Waals surface area contributed by atoms with E-state index in [-0.39, 0.29) is 11.8 Å². The zero-order chi connectivity index (χ0) is 12.0. The first-order chi connectivity index (χ1) is 8.16. The van der Waals surface area contributed by atoms with Gasteiger partial charge in [0.2, 0.25) is 5.88 Å². The highest BCUT2D eigenvalue weighted by molar-refractivity contribution is 5.96. The molecule has 1 aliphatic carbocycles. The molecule has 0 radical (unpaired) electrons. The van der Waals surface area contributed by atoms with Crippen LogP contribution in [0.3, 0.4) is 0 Å². The number of carboxylic acid groups (broad SMARTS) is 1. The second-order valence-corrected chi connectivity index (χ2v) is 4.26. The Balaban J connectivity index is 2.18. The second kappa shape index (κ2) is 3.48. The molecular weight excluding hydrogens is 220 g/mol. The Morgan fingerprint density at radius 3 is 3.00 bits per heavy atom. The predicted octanol–water partition coefficient (Wildman–Crippen LogP) is 1.81. The number of nitrogens with zero attached hydrogens (tertiary/aromatic N) is 2. The summed E-state index contributed by atoms with van der Waals surface area (Å²) < 4.78 is 7.30. The Kier molecular flexibility index (Phi) is 2.07. The van der Waals surface area contributed by atoms with Crippen LogP contribution in [0.25, 0.3) is 10.9 Å². The van der Waals surface area contributed by atoms with Crippen LogP contribution >= 0.6 is 0 Å². The molecule has 0 saturated heterocycles. The summed E-state index contributed by atoms with van der Waals surface area (Å²) in [5.74, 6) is -0.416. The molecule has 0 aromatic carbocycles. The van der Waals surface area contributed by atoms with Crippen LogP contribution in [0.5, 0.6) is 5.88 Å². The molecular formula is C12H12N2O3. The fourth-order valence-electron chi connectivity index (χ4n) is 1.90. The largest absolute Gasteiger partial charge is 0.477 e. The number of fused-ring (bicyclic) bond motifs is 1. The smallest absolute Gasteiger partial charge is 0.352 e. The summed E-state index contributed by atoms with van der Waals surface area (Å²) in [4.78, 5) is 15.2. The maximum absolute atomic E-state index is 11.1. The van der Waals surface area contributed by atoms with Crippen molar-refractivity contribution in [2.24, 2.45) is 7.05 Å². The van der Waals surface area contributed by atoms with Gasteiger partial charge >= 0.3 is 5.97 Å². The summed E-state index contributed by atoms with van der Waals surface area (Å²) in [6.45, 7) is 0. The highest BCUT2D eigenvalue weighted by atomic mass is 16.5. The third kappa shape index (κ3) is 1.63. The van der Waals surface area contributed by atoms with Crippen molar-refractivity contribution < 1.29 is 14.6 Å². The lowest BCUT2D eigenvalue weighted by Gasteiger charge is -2.06. The molecule has 1 fully saturated rings. The maximum atomic E-state index is 11.1. The minimum absolute atomic E-state index is 0.244. The standard InChI is InChI=1S/C12H12N2O3/c1-14-9(12(15)16)6-7-4-5-13-11(10(7)14)17-8-2-3-8/h4-6,8H,2-3H2,1H3,(H,15,16). The third-order valence-electron chi connectivity index (χ3n) is 2.93. The van der Waals surface area contributed by atoms with Gasteiger partial charge in [0.25, 0.3) is 0 Å². The lowest BCUT2D eigenvalue weighted by molar-refractivity contribution is 0.0687. The molecule has 1 aliphatic rings. The van der Waals surface area contributed by atoms with Crippen LogP contribution in [0.4, 0.5) is 0 Å². The molecule has 1 saturated carbocycles. The van der Waals surface area contributed by atoms with Gasteiger partial charge in [0.15, 0.2) is 0 Å². The molecule has 0 aliphatic heterocycles. The van der Waals surface area contributed by atoms with E-state index in [1.807, 2.05) is 0 Å². The molecule has 2 aromatic rings. The maximum Gasteiger partial charge on any atom is 0.352 e. The van der Waals surface area contributed by atoms with E-state index in [1.165, 1.54) is 0 Å². The zero-order valence-corrected chi connectivity index (χ0v) is 9.38. The minimum atomic E-state index is -0.943. The van der Waals surface area contributed by atoms with E-state index in [9.17, 15) is 4.79 Å².